The van der Waals surface area contributed by atoms with Crippen molar-refractivity contribution in [3.05, 3.63) is 0 Å². The highest BCUT2D eigenvalue weighted by atomic mass is 16.1. The predicted molar refractivity (Wildman–Crippen MR) is 69.9 cm³/mol. The molecule has 0 spiro atoms. The van der Waals surface area contributed by atoms with Gasteiger partial charge in [0.15, 0.2) is 0 Å². The van der Waals surface area contributed by atoms with Crippen LogP contribution in [0.5, 0.6) is 0 Å². The van der Waals surface area contributed by atoms with Crippen LogP contribution in [0.15, 0.2) is 4.99 Å². The van der Waals surface area contributed by atoms with E-state index in [0.29, 0.717) is 0 Å². The van der Waals surface area contributed by atoms with E-state index in [2.05, 4.69) is 18.8 Å². The average Bonchev–Trinajstić information content (AvgIpc) is 2.37. The van der Waals surface area contributed by atoms with E-state index in [1.165, 1.54) is 51.7 Å². The lowest BCUT2D eigenvalue weighted by Crippen LogP contribution is -1.73. The number of aliphatic imine (C=N–C) groups is 1. The number of nitrogens with one attached hydrogen (secondary N) is 2. The van der Waals surface area contributed by atoms with Crippen LogP contribution in [0.25, 0.3) is 0 Å². The monoisotopic (exact) mass is 257 g/mol. The molecule has 0 bridgehead atoms. The van der Waals surface area contributed by atoms with Gasteiger partial charge in [0.2, 0.25) is 18.2 Å². The molecule has 0 saturated carbocycles. The Bertz CT molecular complexity index is 219. The Hall–Kier alpha value is -1.86. The maximum atomic E-state index is 8.88. The first-order valence-electron chi connectivity index (χ1n) is 5.70. The van der Waals surface area contributed by atoms with Crippen LogP contribution in [0.1, 0.15) is 52.4 Å². The average molecular weight is 257 g/mol. The topological polar surface area (TPSA) is 111 Å². The molecule has 104 valence electrons. The van der Waals surface area contributed by atoms with Crippen LogP contribution in [-0.2, 0) is 14.4 Å². The van der Waals surface area contributed by atoms with E-state index in [-0.39, 0.29) is 0 Å². The van der Waals surface area contributed by atoms with Crippen molar-refractivity contribution >= 4 is 18.2 Å². The van der Waals surface area contributed by atoms with Crippen molar-refractivity contribution in [1.29, 1.82) is 10.8 Å². The molecule has 0 aromatic rings. The number of carbonyl (C=O) groups excluding carboxylic acids is 3. The van der Waals surface area contributed by atoms with Crippen molar-refractivity contribution in [2.45, 2.75) is 52.4 Å². The Morgan fingerprint density at radius 2 is 1.06 bits per heavy atom. The SMILES string of the molecule is CCCCCCCC.CN=C=O.N=C=O.N=C=O. The number of isocyanates is 3. The highest BCUT2D eigenvalue weighted by Gasteiger charge is 1.83. The Morgan fingerprint density at radius 3 is 1.17 bits per heavy atom. The van der Waals surface area contributed by atoms with Crippen molar-refractivity contribution in [3.63, 3.8) is 0 Å². The number of hydrogen-bond donors (Lipinski definition) is 2. The summed E-state index contributed by atoms with van der Waals surface area (Å²) in [6, 6.07) is 0. The molecule has 0 amide bonds. The highest BCUT2D eigenvalue weighted by Crippen LogP contribution is 2.03. The van der Waals surface area contributed by atoms with Crippen LogP contribution >= 0.6 is 0 Å². The van der Waals surface area contributed by atoms with Gasteiger partial charge < -0.3 is 0 Å². The molecule has 6 heteroatoms. The second-order valence-electron chi connectivity index (χ2n) is 2.93. The van der Waals surface area contributed by atoms with Gasteiger partial charge >= 0.3 is 0 Å². The lowest BCUT2D eigenvalue weighted by molar-refractivity contribution is 0.562. The van der Waals surface area contributed by atoms with Gasteiger partial charge in [-0.25, -0.2) is 30.2 Å². The summed E-state index contributed by atoms with van der Waals surface area (Å²) in [5.74, 6) is 0. The molecule has 0 heterocycles. The van der Waals surface area contributed by atoms with Gasteiger partial charge in [-0.15, -0.1) is 0 Å². The summed E-state index contributed by atoms with van der Waals surface area (Å²) in [6.45, 7) is 4.51. The lowest BCUT2D eigenvalue weighted by atomic mass is 10.1. The summed E-state index contributed by atoms with van der Waals surface area (Å²) in [5.41, 5.74) is 0. The second kappa shape index (κ2) is 45.7. The zero-order valence-corrected chi connectivity index (χ0v) is 11.4. The Balaban J connectivity index is -0.0000000827. The Labute approximate surface area is 109 Å². The molecule has 18 heavy (non-hydrogen) atoms. The molecule has 0 atom stereocenters. The van der Waals surface area contributed by atoms with Gasteiger partial charge in [0.05, 0.1) is 0 Å². The van der Waals surface area contributed by atoms with Crippen molar-refractivity contribution in [2.75, 3.05) is 7.05 Å². The summed E-state index contributed by atoms with van der Waals surface area (Å²) < 4.78 is 0. The molecular weight excluding hydrogens is 234 g/mol. The molecular formula is C12H23N3O3. The summed E-state index contributed by atoms with van der Waals surface area (Å²) in [4.78, 5) is 28.5. The summed E-state index contributed by atoms with van der Waals surface area (Å²) in [5, 5.41) is 10.8. The van der Waals surface area contributed by atoms with Gasteiger partial charge in [-0.1, -0.05) is 52.4 Å². The lowest BCUT2D eigenvalue weighted by Gasteiger charge is -1.93. The summed E-state index contributed by atoms with van der Waals surface area (Å²) in [6.07, 6.45) is 11.3. The number of rotatable bonds is 5. The van der Waals surface area contributed by atoms with Gasteiger partial charge in [-0.2, -0.15) is 0 Å². The first-order chi connectivity index (χ1) is 8.66. The zero-order chi connectivity index (χ0) is 15.1. The third-order valence-electron chi connectivity index (χ3n) is 1.55. The van der Waals surface area contributed by atoms with Gasteiger partial charge in [0.25, 0.3) is 0 Å². The van der Waals surface area contributed by atoms with E-state index in [0.717, 1.165) is 12.2 Å². The molecule has 0 fully saturated rings. The zero-order valence-electron chi connectivity index (χ0n) is 11.4. The third kappa shape index (κ3) is 142. The maximum absolute atomic E-state index is 8.88. The summed E-state index contributed by atoms with van der Waals surface area (Å²) >= 11 is 0. The molecule has 0 radical (unpaired) electrons. The van der Waals surface area contributed by atoms with E-state index in [9.17, 15) is 0 Å². The van der Waals surface area contributed by atoms with Crippen molar-refractivity contribution < 1.29 is 14.4 Å². The van der Waals surface area contributed by atoms with Gasteiger partial charge in [-0.3, -0.25) is 0 Å². The van der Waals surface area contributed by atoms with Crippen LogP contribution in [0.2, 0.25) is 0 Å². The quantitative estimate of drug-likeness (QED) is 0.448. The fraction of sp³-hybridized carbons (Fsp3) is 0.750. The van der Waals surface area contributed by atoms with Crippen molar-refractivity contribution in [3.8, 4) is 0 Å². The predicted octanol–water partition coefficient (Wildman–Crippen LogP) is 3.12. The molecule has 0 saturated heterocycles. The number of hydrogen-bond acceptors (Lipinski definition) is 6. The molecule has 2 N–H and O–H groups in total. The molecule has 0 aliphatic carbocycles. The van der Waals surface area contributed by atoms with Crippen LogP contribution in [-0.4, -0.2) is 25.3 Å². The van der Waals surface area contributed by atoms with Crippen molar-refractivity contribution in [2.24, 2.45) is 4.99 Å². The minimum atomic E-state index is 0.750. The summed E-state index contributed by atoms with van der Waals surface area (Å²) in [7, 11) is 1.38. The molecule has 0 aliphatic rings. The van der Waals surface area contributed by atoms with E-state index in [4.69, 9.17) is 25.2 Å². The molecule has 6 nitrogen and oxygen atoms in total. The Kier molecular flexibility index (Phi) is 63.7. The van der Waals surface area contributed by atoms with Gasteiger partial charge in [0, 0.05) is 7.05 Å². The smallest absolute Gasteiger partial charge is 0.222 e. The first-order valence-corrected chi connectivity index (χ1v) is 5.70. The maximum Gasteiger partial charge on any atom is 0.234 e. The van der Waals surface area contributed by atoms with E-state index < -0.39 is 0 Å². The van der Waals surface area contributed by atoms with Crippen LogP contribution in [0.3, 0.4) is 0 Å². The van der Waals surface area contributed by atoms with Crippen LogP contribution < -0.4 is 0 Å². The fourth-order valence-electron chi connectivity index (χ4n) is 0.854. The first kappa shape index (κ1) is 25.1. The minimum Gasteiger partial charge on any atom is -0.222 e. The molecule has 0 rings (SSSR count). The van der Waals surface area contributed by atoms with Gasteiger partial charge in [-0.05, 0) is 0 Å². The van der Waals surface area contributed by atoms with E-state index in [1.807, 2.05) is 0 Å². The normalized spacial score (nSPS) is 6.17. The number of nitrogens with zero attached hydrogens (tertiary/aromatic N) is 1. The molecule has 0 unspecified atom stereocenters. The van der Waals surface area contributed by atoms with Crippen LogP contribution in [0, 0.1) is 10.8 Å². The molecule has 0 aromatic heterocycles. The van der Waals surface area contributed by atoms with Gasteiger partial charge in [0.1, 0.15) is 0 Å². The van der Waals surface area contributed by atoms with E-state index in [1.54, 1.807) is 0 Å². The van der Waals surface area contributed by atoms with Crippen molar-refractivity contribution in [1.82, 2.24) is 0 Å². The molecule has 0 aliphatic heterocycles. The third-order valence-corrected chi connectivity index (χ3v) is 1.55. The standard InChI is InChI=1S/C8H18.C2H3NO.2CHNO/c1-3-5-7-8-6-4-2;1-3-2-4;2*2-1-3/h3-8H2,1-2H3;1H3;2*2H. The second-order valence-corrected chi connectivity index (χ2v) is 2.93. The largest absolute Gasteiger partial charge is 0.234 e. The highest BCUT2D eigenvalue weighted by molar-refractivity contribution is 5.32. The minimum absolute atomic E-state index is 0.750. The van der Waals surface area contributed by atoms with Crippen LogP contribution in [0.4, 0.5) is 0 Å². The number of unbranched alkanes of at least 4 members (excludes halogenated alkanes) is 5. The Morgan fingerprint density at radius 1 is 0.833 bits per heavy atom. The van der Waals surface area contributed by atoms with E-state index >= 15 is 0 Å². The molecule has 0 aromatic carbocycles. The fourth-order valence-corrected chi connectivity index (χ4v) is 0.854.